The smallest absolute Gasteiger partial charge is 0.387 e. The second-order valence-corrected chi connectivity index (χ2v) is 6.85. The van der Waals surface area contributed by atoms with Gasteiger partial charge < -0.3 is 14.8 Å². The van der Waals surface area contributed by atoms with Crippen LogP contribution in [0, 0.1) is 13.8 Å². The highest BCUT2D eigenvalue weighted by Crippen LogP contribution is 2.22. The van der Waals surface area contributed by atoms with Crippen LogP contribution in [0.3, 0.4) is 0 Å². The minimum absolute atomic E-state index is 0.0365. The van der Waals surface area contributed by atoms with Gasteiger partial charge >= 0.3 is 12.6 Å². The largest absolute Gasteiger partial charge is 0.452 e. The third kappa shape index (κ3) is 5.58. The number of anilines is 1. The fourth-order valence-corrected chi connectivity index (χ4v) is 2.86. The molecule has 0 spiro atoms. The molecule has 0 aliphatic heterocycles. The highest BCUT2D eigenvalue weighted by atomic mass is 35.5. The summed E-state index contributed by atoms with van der Waals surface area (Å²) < 4.78 is 35.2. The number of aromatic nitrogens is 2. The summed E-state index contributed by atoms with van der Waals surface area (Å²) >= 11 is 6.15. The molecule has 1 amide bonds. The predicted molar refractivity (Wildman–Crippen MR) is 110 cm³/mol. The van der Waals surface area contributed by atoms with E-state index in [0.29, 0.717) is 16.4 Å². The van der Waals surface area contributed by atoms with Crippen molar-refractivity contribution < 1.29 is 27.8 Å². The van der Waals surface area contributed by atoms with Crippen LogP contribution in [0.4, 0.5) is 14.5 Å². The van der Waals surface area contributed by atoms with E-state index in [1.807, 2.05) is 6.92 Å². The van der Waals surface area contributed by atoms with E-state index in [4.69, 9.17) is 16.3 Å². The number of benzene rings is 2. The van der Waals surface area contributed by atoms with Crippen LogP contribution in [0.25, 0.3) is 5.69 Å². The van der Waals surface area contributed by atoms with E-state index in [-0.39, 0.29) is 11.3 Å². The molecule has 162 valence electrons. The van der Waals surface area contributed by atoms with E-state index in [0.717, 1.165) is 11.4 Å². The van der Waals surface area contributed by atoms with Crippen molar-refractivity contribution in [2.24, 2.45) is 0 Å². The molecule has 1 aromatic heterocycles. The number of amides is 1. The van der Waals surface area contributed by atoms with Crippen molar-refractivity contribution in [1.29, 1.82) is 0 Å². The Labute approximate surface area is 181 Å². The minimum atomic E-state index is -2.93. The molecule has 7 nitrogen and oxygen atoms in total. The first-order chi connectivity index (χ1) is 14.7. The molecule has 2 aromatic carbocycles. The van der Waals surface area contributed by atoms with Gasteiger partial charge in [0.1, 0.15) is 5.75 Å². The molecule has 0 aliphatic rings. The Hall–Kier alpha value is -3.46. The van der Waals surface area contributed by atoms with Gasteiger partial charge in [0.15, 0.2) is 6.61 Å². The van der Waals surface area contributed by atoms with Crippen LogP contribution in [-0.4, -0.2) is 34.9 Å². The van der Waals surface area contributed by atoms with Gasteiger partial charge in [-0.25, -0.2) is 9.48 Å². The molecule has 3 aromatic rings. The Morgan fingerprint density at radius 1 is 1.10 bits per heavy atom. The lowest BCUT2D eigenvalue weighted by Gasteiger charge is -2.09. The molecule has 0 unspecified atom stereocenters. The molecule has 10 heteroatoms. The van der Waals surface area contributed by atoms with Gasteiger partial charge in [0.25, 0.3) is 5.91 Å². The van der Waals surface area contributed by atoms with Gasteiger partial charge in [0, 0.05) is 5.69 Å². The van der Waals surface area contributed by atoms with Crippen LogP contribution in [0.2, 0.25) is 5.02 Å². The first kappa shape index (κ1) is 22.2. The summed E-state index contributed by atoms with van der Waals surface area (Å²) in [5.74, 6) is -1.29. The molecular formula is C21H18ClF2N3O4. The Kier molecular flexibility index (Phi) is 6.86. The van der Waals surface area contributed by atoms with Crippen LogP contribution in [0.1, 0.15) is 21.7 Å². The number of halogens is 3. The maximum absolute atomic E-state index is 12.2. The number of alkyl halides is 2. The van der Waals surface area contributed by atoms with Gasteiger partial charge in [-0.2, -0.15) is 13.9 Å². The fraction of sp³-hybridized carbons (Fsp3) is 0.190. The topological polar surface area (TPSA) is 82.5 Å². The molecule has 31 heavy (non-hydrogen) atoms. The van der Waals surface area contributed by atoms with Gasteiger partial charge in [-0.15, -0.1) is 0 Å². The lowest BCUT2D eigenvalue weighted by molar-refractivity contribution is -0.119. The Morgan fingerprint density at radius 2 is 1.74 bits per heavy atom. The van der Waals surface area contributed by atoms with Gasteiger partial charge in [-0.05, 0) is 62.4 Å². The summed E-state index contributed by atoms with van der Waals surface area (Å²) in [5, 5.41) is 7.41. The second-order valence-electron chi connectivity index (χ2n) is 6.47. The van der Waals surface area contributed by atoms with Gasteiger partial charge in [-0.3, -0.25) is 4.79 Å². The van der Waals surface area contributed by atoms with Crippen molar-refractivity contribution in [3.8, 4) is 11.4 Å². The van der Waals surface area contributed by atoms with Crippen molar-refractivity contribution >= 4 is 29.2 Å². The maximum atomic E-state index is 12.2. The van der Waals surface area contributed by atoms with Gasteiger partial charge in [-0.1, -0.05) is 11.6 Å². The van der Waals surface area contributed by atoms with E-state index < -0.39 is 25.1 Å². The molecule has 1 N–H and O–H groups in total. The van der Waals surface area contributed by atoms with Crippen LogP contribution in [0.15, 0.2) is 48.5 Å². The highest BCUT2D eigenvalue weighted by Gasteiger charge is 2.14. The van der Waals surface area contributed by atoms with Crippen molar-refractivity contribution in [2.75, 3.05) is 11.9 Å². The van der Waals surface area contributed by atoms with E-state index >= 15 is 0 Å². The number of hydrogen-bond acceptors (Lipinski definition) is 5. The number of nitrogens with zero attached hydrogens (tertiary/aromatic N) is 2. The first-order valence-corrected chi connectivity index (χ1v) is 9.46. The van der Waals surface area contributed by atoms with Crippen molar-refractivity contribution in [3.63, 3.8) is 0 Å². The average Bonchev–Trinajstić information content (AvgIpc) is 3.00. The van der Waals surface area contributed by atoms with E-state index in [9.17, 15) is 18.4 Å². The summed E-state index contributed by atoms with van der Waals surface area (Å²) in [5.41, 5.74) is 2.80. The average molecular weight is 450 g/mol. The molecule has 0 radical (unpaired) electrons. The molecule has 0 bridgehead atoms. The number of aryl methyl sites for hydroxylation is 1. The molecule has 0 atom stereocenters. The highest BCUT2D eigenvalue weighted by molar-refractivity contribution is 6.31. The number of esters is 1. The van der Waals surface area contributed by atoms with Crippen LogP contribution < -0.4 is 10.1 Å². The zero-order valence-corrected chi connectivity index (χ0v) is 17.3. The van der Waals surface area contributed by atoms with Crippen LogP contribution >= 0.6 is 11.6 Å². The number of carbonyl (C=O) groups excluding carboxylic acids is 2. The number of hydrogen-bond donors (Lipinski definition) is 1. The van der Waals surface area contributed by atoms with Crippen molar-refractivity contribution in [1.82, 2.24) is 9.78 Å². The number of rotatable bonds is 7. The van der Waals surface area contributed by atoms with Crippen molar-refractivity contribution in [2.45, 2.75) is 20.5 Å². The summed E-state index contributed by atoms with van der Waals surface area (Å²) in [6.07, 6.45) is 0. The quantitative estimate of drug-likeness (QED) is 0.535. The Bertz CT molecular complexity index is 1080. The van der Waals surface area contributed by atoms with Crippen molar-refractivity contribution in [3.05, 3.63) is 70.5 Å². The summed E-state index contributed by atoms with van der Waals surface area (Å²) in [4.78, 5) is 24.1. The van der Waals surface area contributed by atoms with Crippen LogP contribution in [-0.2, 0) is 9.53 Å². The molecule has 0 aliphatic carbocycles. The van der Waals surface area contributed by atoms with Crippen LogP contribution in [0.5, 0.6) is 5.75 Å². The molecular weight excluding hydrogens is 432 g/mol. The van der Waals surface area contributed by atoms with Gasteiger partial charge in [0.05, 0.1) is 27.7 Å². The Morgan fingerprint density at radius 3 is 2.29 bits per heavy atom. The minimum Gasteiger partial charge on any atom is -0.452 e. The molecule has 0 saturated heterocycles. The maximum Gasteiger partial charge on any atom is 0.387 e. The standard InChI is InChI=1S/C21H18ClF2N3O4/c1-12-19(22)13(2)27(26-12)16-7-3-14(4-8-16)20(29)30-11-18(28)25-15-5-9-17(10-6-15)31-21(23)24/h3-10,21H,11H2,1-2H3,(H,25,28). The molecule has 0 fully saturated rings. The molecule has 1 heterocycles. The number of carbonyl (C=O) groups is 2. The monoisotopic (exact) mass is 449 g/mol. The van der Waals surface area contributed by atoms with Gasteiger partial charge in [0.2, 0.25) is 0 Å². The summed E-state index contributed by atoms with van der Waals surface area (Å²) in [7, 11) is 0. The predicted octanol–water partition coefficient (Wildman–Crippen LogP) is 4.54. The fourth-order valence-electron chi connectivity index (χ4n) is 2.74. The zero-order chi connectivity index (χ0) is 22.5. The molecule has 3 rings (SSSR count). The first-order valence-electron chi connectivity index (χ1n) is 9.08. The third-order valence-corrected chi connectivity index (χ3v) is 4.80. The normalized spacial score (nSPS) is 10.8. The number of nitrogens with one attached hydrogen (secondary N) is 1. The Balaban J connectivity index is 1.54. The van der Waals surface area contributed by atoms with E-state index in [1.54, 1.807) is 35.9 Å². The summed E-state index contributed by atoms with van der Waals surface area (Å²) in [6.45, 7) is 0.194. The SMILES string of the molecule is Cc1nn(-c2ccc(C(=O)OCC(=O)Nc3ccc(OC(F)F)cc3)cc2)c(C)c1Cl. The lowest BCUT2D eigenvalue weighted by atomic mass is 10.2. The lowest BCUT2D eigenvalue weighted by Crippen LogP contribution is -2.21. The third-order valence-electron chi connectivity index (χ3n) is 4.25. The molecule has 0 saturated carbocycles. The van der Waals surface area contributed by atoms with E-state index in [1.165, 1.54) is 24.3 Å². The number of ether oxygens (including phenoxy) is 2. The second kappa shape index (κ2) is 9.57. The zero-order valence-electron chi connectivity index (χ0n) is 16.6. The summed E-state index contributed by atoms with van der Waals surface area (Å²) in [6, 6.07) is 11.8. The van der Waals surface area contributed by atoms with E-state index in [2.05, 4.69) is 15.2 Å².